The van der Waals surface area contributed by atoms with Gasteiger partial charge in [0.25, 0.3) is 5.91 Å². The molecule has 0 unspecified atom stereocenters. The van der Waals surface area contributed by atoms with Gasteiger partial charge < -0.3 is 9.15 Å². The van der Waals surface area contributed by atoms with Gasteiger partial charge in [-0.3, -0.25) is 9.89 Å². The van der Waals surface area contributed by atoms with Crippen LogP contribution < -0.4 is 10.2 Å². The van der Waals surface area contributed by atoms with Crippen LogP contribution in [0.3, 0.4) is 0 Å². The topological polar surface area (TPSA) is 92.5 Å². The van der Waals surface area contributed by atoms with Gasteiger partial charge in [-0.05, 0) is 44.2 Å². The Kier molecular flexibility index (Phi) is 4.94. The number of nitrogens with one attached hydrogen (secondary N) is 2. The van der Waals surface area contributed by atoms with Crippen LogP contribution in [0.1, 0.15) is 30.1 Å². The second-order valence-corrected chi connectivity index (χ2v) is 5.21. The summed E-state index contributed by atoms with van der Waals surface area (Å²) in [6.45, 7) is 4.21. The van der Waals surface area contributed by atoms with Crippen molar-refractivity contribution in [2.45, 2.75) is 13.8 Å². The average molecular weight is 338 g/mol. The Bertz CT molecular complexity index is 881. The first kappa shape index (κ1) is 16.5. The van der Waals surface area contributed by atoms with E-state index in [0.717, 1.165) is 11.3 Å². The molecule has 25 heavy (non-hydrogen) atoms. The second-order valence-electron chi connectivity index (χ2n) is 5.21. The van der Waals surface area contributed by atoms with Crippen molar-refractivity contribution in [3.05, 3.63) is 60.2 Å². The van der Waals surface area contributed by atoms with E-state index >= 15 is 0 Å². The van der Waals surface area contributed by atoms with Crippen LogP contribution >= 0.6 is 0 Å². The van der Waals surface area contributed by atoms with Crippen molar-refractivity contribution in [1.82, 2.24) is 15.6 Å². The van der Waals surface area contributed by atoms with E-state index in [0.29, 0.717) is 29.5 Å². The number of nitrogens with zero attached hydrogens (tertiary/aromatic N) is 2. The van der Waals surface area contributed by atoms with Crippen molar-refractivity contribution in [3.8, 4) is 17.0 Å². The van der Waals surface area contributed by atoms with E-state index in [1.165, 1.54) is 0 Å². The average Bonchev–Trinajstić information content (AvgIpc) is 3.32. The van der Waals surface area contributed by atoms with Crippen molar-refractivity contribution in [1.29, 1.82) is 0 Å². The number of carbonyl (C=O) groups is 1. The normalized spacial score (nSPS) is 11.4. The highest BCUT2D eigenvalue weighted by atomic mass is 16.5. The number of aromatic amines is 1. The fourth-order valence-corrected chi connectivity index (χ4v) is 2.27. The van der Waals surface area contributed by atoms with E-state index in [-0.39, 0.29) is 0 Å². The predicted octanol–water partition coefficient (Wildman–Crippen LogP) is 3.22. The number of benzene rings is 1. The number of hydrogen-bond donors (Lipinski definition) is 2. The lowest BCUT2D eigenvalue weighted by Gasteiger charge is -2.07. The van der Waals surface area contributed by atoms with Gasteiger partial charge in [0.1, 0.15) is 22.9 Å². The number of rotatable bonds is 6. The van der Waals surface area contributed by atoms with E-state index < -0.39 is 5.91 Å². The molecule has 0 saturated heterocycles. The summed E-state index contributed by atoms with van der Waals surface area (Å²) in [5.41, 5.74) is 4.79. The van der Waals surface area contributed by atoms with Crippen LogP contribution in [0.5, 0.6) is 5.75 Å². The summed E-state index contributed by atoms with van der Waals surface area (Å²) in [6.07, 6.45) is 1.55. The number of para-hydroxylation sites is 1. The molecule has 7 nitrogen and oxygen atoms in total. The Morgan fingerprint density at radius 1 is 1.32 bits per heavy atom. The minimum atomic E-state index is -0.390. The maximum absolute atomic E-state index is 12.2. The van der Waals surface area contributed by atoms with E-state index in [9.17, 15) is 4.79 Å². The molecule has 0 fully saturated rings. The number of H-pyrrole nitrogens is 1. The monoisotopic (exact) mass is 338 g/mol. The van der Waals surface area contributed by atoms with Crippen LogP contribution in [-0.2, 0) is 0 Å². The van der Waals surface area contributed by atoms with Gasteiger partial charge in [-0.15, -0.1) is 0 Å². The Balaban J connectivity index is 1.75. The van der Waals surface area contributed by atoms with Crippen molar-refractivity contribution >= 4 is 11.6 Å². The Labute approximate surface area is 144 Å². The largest absolute Gasteiger partial charge is 0.493 e. The first-order chi connectivity index (χ1) is 12.2. The van der Waals surface area contributed by atoms with Crippen LogP contribution in [0.4, 0.5) is 0 Å². The molecule has 128 valence electrons. The van der Waals surface area contributed by atoms with Crippen LogP contribution in [0.15, 0.2) is 58.2 Å². The maximum atomic E-state index is 12.2. The summed E-state index contributed by atoms with van der Waals surface area (Å²) in [7, 11) is 0. The van der Waals surface area contributed by atoms with Crippen LogP contribution in [0.25, 0.3) is 11.3 Å². The van der Waals surface area contributed by atoms with E-state index in [1.54, 1.807) is 31.4 Å². The number of ether oxygens (including phenoxy) is 1. The Hall–Kier alpha value is -3.35. The van der Waals surface area contributed by atoms with Gasteiger partial charge in [-0.25, -0.2) is 5.43 Å². The summed E-state index contributed by atoms with van der Waals surface area (Å²) in [5.74, 6) is 0.921. The quantitative estimate of drug-likeness (QED) is 0.533. The molecular formula is C18H18N4O3. The number of carbonyl (C=O) groups excluding carboxylic acids is 1. The molecule has 2 heterocycles. The highest BCUT2D eigenvalue weighted by molar-refractivity contribution is 5.98. The van der Waals surface area contributed by atoms with Crippen molar-refractivity contribution in [3.63, 3.8) is 0 Å². The third-order valence-electron chi connectivity index (χ3n) is 3.49. The van der Waals surface area contributed by atoms with Crippen LogP contribution in [0, 0.1) is 0 Å². The molecule has 7 heteroatoms. The minimum absolute atomic E-state index is 0.303. The molecule has 0 atom stereocenters. The summed E-state index contributed by atoms with van der Waals surface area (Å²) in [4.78, 5) is 12.2. The summed E-state index contributed by atoms with van der Waals surface area (Å²) >= 11 is 0. The zero-order valence-corrected chi connectivity index (χ0v) is 13.9. The Morgan fingerprint density at radius 2 is 2.16 bits per heavy atom. The number of furan rings is 1. The molecule has 0 aliphatic carbocycles. The molecule has 2 N–H and O–H groups in total. The fourth-order valence-electron chi connectivity index (χ4n) is 2.27. The molecule has 0 bridgehead atoms. The molecule has 1 aromatic carbocycles. The van der Waals surface area contributed by atoms with E-state index in [1.807, 2.05) is 31.2 Å². The van der Waals surface area contributed by atoms with Gasteiger partial charge in [0.15, 0.2) is 0 Å². The smallest absolute Gasteiger partial charge is 0.289 e. The van der Waals surface area contributed by atoms with Crippen LogP contribution in [0.2, 0.25) is 0 Å². The number of hydrogen-bond acceptors (Lipinski definition) is 5. The number of amides is 1. The first-order valence-electron chi connectivity index (χ1n) is 7.85. The van der Waals surface area contributed by atoms with Crippen LogP contribution in [-0.4, -0.2) is 28.4 Å². The van der Waals surface area contributed by atoms with E-state index in [4.69, 9.17) is 9.15 Å². The maximum Gasteiger partial charge on any atom is 0.289 e. The van der Waals surface area contributed by atoms with Gasteiger partial charge >= 0.3 is 0 Å². The molecule has 0 spiro atoms. The first-order valence-corrected chi connectivity index (χ1v) is 7.85. The second kappa shape index (κ2) is 7.48. The molecule has 1 amide bonds. The molecule has 2 aromatic heterocycles. The standard InChI is InChI=1S/C18H18N4O3/c1-3-24-17-8-5-4-7-13(17)14-11-15(21-20-14)18(23)22-19-12(2)16-9-6-10-25-16/h4-11H,3H2,1-2H3,(H,20,21)(H,22,23)/b19-12+. The van der Waals surface area contributed by atoms with Gasteiger partial charge in [-0.1, -0.05) is 12.1 Å². The highest BCUT2D eigenvalue weighted by Crippen LogP contribution is 2.28. The van der Waals surface area contributed by atoms with Crippen molar-refractivity contribution in [2.75, 3.05) is 6.61 Å². The minimum Gasteiger partial charge on any atom is -0.493 e. The third kappa shape index (κ3) is 3.77. The zero-order chi connectivity index (χ0) is 17.6. The molecule has 0 saturated carbocycles. The number of hydrazone groups is 1. The lowest BCUT2D eigenvalue weighted by atomic mass is 10.1. The van der Waals surface area contributed by atoms with Gasteiger partial charge in [0, 0.05) is 5.56 Å². The van der Waals surface area contributed by atoms with Crippen molar-refractivity contribution in [2.24, 2.45) is 5.10 Å². The third-order valence-corrected chi connectivity index (χ3v) is 3.49. The fraction of sp³-hybridized carbons (Fsp3) is 0.167. The summed E-state index contributed by atoms with van der Waals surface area (Å²) < 4.78 is 10.8. The Morgan fingerprint density at radius 3 is 2.92 bits per heavy atom. The molecule has 0 aliphatic rings. The highest BCUT2D eigenvalue weighted by Gasteiger charge is 2.13. The SMILES string of the molecule is CCOc1ccccc1-c1cc(C(=O)N/N=C(\C)c2ccco2)[nH]n1. The molecule has 0 aliphatic heterocycles. The molecule has 3 aromatic rings. The summed E-state index contributed by atoms with van der Waals surface area (Å²) in [6, 6.07) is 12.7. The van der Waals surface area contributed by atoms with E-state index in [2.05, 4.69) is 20.7 Å². The predicted molar refractivity (Wildman–Crippen MR) is 93.6 cm³/mol. The van der Waals surface area contributed by atoms with Gasteiger partial charge in [-0.2, -0.15) is 10.2 Å². The van der Waals surface area contributed by atoms with Gasteiger partial charge in [0.2, 0.25) is 0 Å². The zero-order valence-electron chi connectivity index (χ0n) is 13.9. The van der Waals surface area contributed by atoms with Gasteiger partial charge in [0.05, 0.1) is 18.6 Å². The molecule has 3 rings (SSSR count). The van der Waals surface area contributed by atoms with Crippen molar-refractivity contribution < 1.29 is 13.9 Å². The lowest BCUT2D eigenvalue weighted by Crippen LogP contribution is -2.19. The summed E-state index contributed by atoms with van der Waals surface area (Å²) in [5, 5.41) is 10.9. The molecule has 0 radical (unpaired) electrons. The lowest BCUT2D eigenvalue weighted by molar-refractivity contribution is 0.0950. The number of aromatic nitrogens is 2. The molecular weight excluding hydrogens is 320 g/mol.